The summed E-state index contributed by atoms with van der Waals surface area (Å²) in [5.41, 5.74) is 1.84. The van der Waals surface area contributed by atoms with Crippen molar-refractivity contribution in [3.8, 4) is 5.75 Å². The van der Waals surface area contributed by atoms with E-state index in [1.807, 2.05) is 18.2 Å². The van der Waals surface area contributed by atoms with Crippen molar-refractivity contribution in [2.24, 2.45) is 17.3 Å². The number of sulfonamides is 1. The van der Waals surface area contributed by atoms with Gasteiger partial charge in [0, 0.05) is 49.0 Å². The van der Waals surface area contributed by atoms with Gasteiger partial charge in [-0.3, -0.25) is 4.79 Å². The zero-order valence-electron chi connectivity index (χ0n) is 27.1. The molecule has 4 atom stereocenters. The highest BCUT2D eigenvalue weighted by atomic mass is 35.5. The second kappa shape index (κ2) is 12.4. The number of nitrogens with zero attached hydrogens (tertiary/aromatic N) is 2. The zero-order valence-corrected chi connectivity index (χ0v) is 28.6. The maximum absolute atomic E-state index is 13.6. The molecule has 0 saturated heterocycles. The average molecular weight is 670 g/mol. The lowest BCUT2D eigenvalue weighted by Crippen LogP contribution is -2.50. The Balaban J connectivity index is 1.44. The van der Waals surface area contributed by atoms with Crippen molar-refractivity contribution in [1.82, 2.24) is 9.62 Å². The molecule has 6 rings (SSSR count). The highest BCUT2D eigenvalue weighted by molar-refractivity contribution is 7.90. The Kier molecular flexibility index (Phi) is 8.82. The largest absolute Gasteiger partial charge is 0.490 e. The van der Waals surface area contributed by atoms with Gasteiger partial charge in [-0.25, -0.2) is 17.9 Å². The van der Waals surface area contributed by atoms with E-state index in [1.165, 1.54) is 22.1 Å². The van der Waals surface area contributed by atoms with E-state index in [4.69, 9.17) is 21.1 Å². The van der Waals surface area contributed by atoms with Gasteiger partial charge in [0.25, 0.3) is 10.0 Å². The second-order valence-corrected chi connectivity index (χ2v) is 16.4. The molecule has 2 aromatic rings. The Hall–Kier alpha value is -3.24. The topological polar surface area (TPSA) is 105 Å². The molecule has 46 heavy (non-hydrogen) atoms. The number of amides is 2. The number of allylic oxidation sites excluding steroid dienone is 1. The third kappa shape index (κ3) is 6.35. The van der Waals surface area contributed by atoms with Crippen LogP contribution in [0.1, 0.15) is 63.5 Å². The molecule has 0 aromatic heterocycles. The number of anilines is 1. The Bertz CT molecular complexity index is 1660. The lowest BCUT2D eigenvalue weighted by molar-refractivity contribution is -0.127. The minimum atomic E-state index is -4.15. The fourth-order valence-electron chi connectivity index (χ4n) is 7.40. The van der Waals surface area contributed by atoms with E-state index < -0.39 is 33.5 Å². The van der Waals surface area contributed by atoms with E-state index >= 15 is 0 Å². The van der Waals surface area contributed by atoms with E-state index in [0.717, 1.165) is 32.1 Å². The molecular formula is C35H44ClN3O6S. The zero-order chi connectivity index (χ0) is 32.9. The van der Waals surface area contributed by atoms with Gasteiger partial charge in [0.1, 0.15) is 11.9 Å². The highest BCUT2D eigenvalue weighted by Crippen LogP contribution is 2.47. The van der Waals surface area contributed by atoms with Crippen LogP contribution in [0.2, 0.25) is 5.02 Å². The number of halogens is 1. The van der Waals surface area contributed by atoms with Crippen LogP contribution < -0.4 is 14.4 Å². The molecule has 1 saturated carbocycles. The predicted molar refractivity (Wildman–Crippen MR) is 178 cm³/mol. The van der Waals surface area contributed by atoms with Crippen molar-refractivity contribution in [3.63, 3.8) is 0 Å². The lowest BCUT2D eigenvalue weighted by atomic mass is 9.68. The standard InChI is InChI=1S/C35H44ClN3O6S/c1-34(2)16-6-5-9-30(45-33(41)38(3)4)27-13-10-24(27)20-39-21-35(17-7-8-23-18-25(36)11-14-28(23)35)22-44-31-15-12-26(19-29(31)39)46(42,43)37-32(34)40/h5,9,11-12,14-15,18-19,24,27,30H,6-8,10,13,16-17,20-22H2,1-4H3,(H,37,40)/b9-5+/t24-,27+,30+,35-/m0/s1. The van der Waals surface area contributed by atoms with E-state index in [-0.39, 0.29) is 22.1 Å². The molecule has 11 heteroatoms. The molecule has 0 unspecified atom stereocenters. The predicted octanol–water partition coefficient (Wildman–Crippen LogP) is 6.09. The van der Waals surface area contributed by atoms with E-state index in [2.05, 4.69) is 21.8 Å². The van der Waals surface area contributed by atoms with Crippen LogP contribution in [-0.4, -0.2) is 65.2 Å². The third-order valence-electron chi connectivity index (χ3n) is 10.4. The molecule has 2 amide bonds. The minimum Gasteiger partial charge on any atom is -0.490 e. The molecular weight excluding hydrogens is 626 g/mol. The van der Waals surface area contributed by atoms with Gasteiger partial charge >= 0.3 is 6.09 Å². The lowest BCUT2D eigenvalue weighted by Gasteiger charge is -2.46. The van der Waals surface area contributed by atoms with Crippen LogP contribution in [0.25, 0.3) is 0 Å². The number of hydrogen-bond acceptors (Lipinski definition) is 7. The van der Waals surface area contributed by atoms with Gasteiger partial charge in [0.05, 0.1) is 17.2 Å². The first-order valence-corrected chi connectivity index (χ1v) is 18.1. The SMILES string of the molecule is CN(C)C(=O)O[C@@H]1/C=C/CCC(C)(C)C(=O)NS(=O)(=O)c2ccc3c(c2)N(C[C@@H]2CC[C@H]21)C[C@@]1(CCCc2cc(Cl)ccc21)CO3. The normalized spacial score (nSPS) is 29.1. The maximum Gasteiger partial charge on any atom is 0.409 e. The molecule has 0 radical (unpaired) electrons. The van der Waals surface area contributed by atoms with Crippen LogP contribution in [0.4, 0.5) is 10.5 Å². The van der Waals surface area contributed by atoms with Crippen LogP contribution in [-0.2, 0) is 31.4 Å². The van der Waals surface area contributed by atoms with Crippen LogP contribution in [0, 0.1) is 17.3 Å². The van der Waals surface area contributed by atoms with Gasteiger partial charge in [-0.1, -0.05) is 37.6 Å². The van der Waals surface area contributed by atoms with Crippen LogP contribution in [0.3, 0.4) is 0 Å². The molecule has 248 valence electrons. The molecule has 9 nitrogen and oxygen atoms in total. The number of hydrogen-bond donors (Lipinski definition) is 1. The first kappa shape index (κ1) is 32.7. The molecule has 2 aliphatic heterocycles. The van der Waals surface area contributed by atoms with Crippen molar-refractivity contribution in [1.29, 1.82) is 0 Å². The molecule has 1 fully saturated rings. The monoisotopic (exact) mass is 669 g/mol. The van der Waals surface area contributed by atoms with Gasteiger partial charge in [0.15, 0.2) is 0 Å². The Morgan fingerprint density at radius 3 is 2.67 bits per heavy atom. The summed E-state index contributed by atoms with van der Waals surface area (Å²) in [6.07, 6.45) is 8.77. The summed E-state index contributed by atoms with van der Waals surface area (Å²) in [6, 6.07) is 11.0. The Labute approximate surface area is 277 Å². The number of ether oxygens (including phenoxy) is 2. The van der Waals surface area contributed by atoms with Gasteiger partial charge < -0.3 is 19.3 Å². The average Bonchev–Trinajstić information content (AvgIpc) is 3.13. The second-order valence-electron chi connectivity index (χ2n) is 14.3. The van der Waals surface area contributed by atoms with Crippen molar-refractivity contribution in [2.75, 3.05) is 38.7 Å². The molecule has 2 heterocycles. The maximum atomic E-state index is 13.6. The minimum absolute atomic E-state index is 0.0192. The van der Waals surface area contributed by atoms with Gasteiger partial charge in [-0.05, 0) is 98.4 Å². The number of carbonyl (C=O) groups excluding carboxylic acids is 2. The first-order chi connectivity index (χ1) is 21.8. The number of fused-ring (bicyclic) bond motifs is 4. The molecule has 2 bridgehead atoms. The quantitative estimate of drug-likeness (QED) is 0.367. The number of rotatable bonds is 1. The van der Waals surface area contributed by atoms with E-state index in [9.17, 15) is 18.0 Å². The molecule has 2 aromatic carbocycles. The van der Waals surface area contributed by atoms with Crippen molar-refractivity contribution in [2.45, 2.75) is 75.2 Å². The summed E-state index contributed by atoms with van der Waals surface area (Å²) in [7, 11) is -0.795. The van der Waals surface area contributed by atoms with Crippen molar-refractivity contribution >= 4 is 39.3 Å². The number of benzene rings is 2. The Morgan fingerprint density at radius 1 is 1.13 bits per heavy atom. The number of nitrogens with one attached hydrogen (secondary N) is 1. The van der Waals surface area contributed by atoms with Crippen molar-refractivity contribution < 1.29 is 27.5 Å². The summed E-state index contributed by atoms with van der Waals surface area (Å²) in [5.74, 6) is 0.334. The van der Waals surface area contributed by atoms with Gasteiger partial charge in [-0.2, -0.15) is 0 Å². The number of carbonyl (C=O) groups is 2. The van der Waals surface area contributed by atoms with Crippen LogP contribution >= 0.6 is 11.6 Å². The van der Waals surface area contributed by atoms with E-state index in [0.29, 0.717) is 49.0 Å². The first-order valence-electron chi connectivity index (χ1n) is 16.2. The summed E-state index contributed by atoms with van der Waals surface area (Å²) >= 11 is 6.42. The fourth-order valence-corrected chi connectivity index (χ4v) is 8.74. The van der Waals surface area contributed by atoms with Crippen LogP contribution in [0.15, 0.2) is 53.4 Å². The van der Waals surface area contributed by atoms with Gasteiger partial charge in [-0.15, -0.1) is 0 Å². The summed E-state index contributed by atoms with van der Waals surface area (Å²) in [4.78, 5) is 29.8. The number of aryl methyl sites for hydroxylation is 1. The third-order valence-corrected chi connectivity index (χ3v) is 11.9. The van der Waals surface area contributed by atoms with Gasteiger partial charge in [0.2, 0.25) is 5.91 Å². The molecule has 2 aliphatic carbocycles. The van der Waals surface area contributed by atoms with E-state index in [1.54, 1.807) is 40.1 Å². The summed E-state index contributed by atoms with van der Waals surface area (Å²) < 4.78 is 42.1. The molecule has 1 N–H and O–H groups in total. The highest BCUT2D eigenvalue weighted by Gasteiger charge is 2.45. The van der Waals surface area contributed by atoms with Crippen molar-refractivity contribution in [3.05, 3.63) is 64.7 Å². The Morgan fingerprint density at radius 2 is 1.93 bits per heavy atom. The summed E-state index contributed by atoms with van der Waals surface area (Å²) in [5, 5.41) is 0.711. The smallest absolute Gasteiger partial charge is 0.409 e. The van der Waals surface area contributed by atoms with Crippen LogP contribution in [0.5, 0.6) is 5.75 Å². The summed E-state index contributed by atoms with van der Waals surface area (Å²) in [6.45, 7) is 5.18. The molecule has 1 spiro atoms. The fraction of sp³-hybridized carbons (Fsp3) is 0.543. The molecule has 4 aliphatic rings.